The van der Waals surface area contributed by atoms with Crippen LogP contribution in [-0.2, 0) is 19.2 Å². The highest BCUT2D eigenvalue weighted by molar-refractivity contribution is 7.59. The Labute approximate surface area is 292 Å². The Morgan fingerprint density at radius 2 is 1.23 bits per heavy atom. The fourth-order valence-corrected chi connectivity index (χ4v) is 7.52. The third-order valence-electron chi connectivity index (χ3n) is 8.02. The van der Waals surface area contributed by atoms with Gasteiger partial charge in [0.15, 0.2) is 10.3 Å². The number of benzene rings is 4. The molecular weight excluding hydrogens is 673 g/mol. The predicted octanol–water partition coefficient (Wildman–Crippen LogP) is 7.45. The lowest BCUT2D eigenvalue weighted by molar-refractivity contribution is -0.142. The van der Waals surface area contributed by atoms with Crippen molar-refractivity contribution in [3.05, 3.63) is 72.8 Å². The average molecular weight is 707 g/mol. The molecule has 2 atom stereocenters. The molecule has 9 nitrogen and oxygen atoms in total. The normalized spacial score (nSPS) is 16.9. The van der Waals surface area contributed by atoms with Gasteiger partial charge in [-0.3, -0.25) is 19.2 Å². The number of nitrogens with one attached hydrogen (secondary N) is 1. The van der Waals surface area contributed by atoms with Crippen molar-refractivity contribution in [3.8, 4) is 0 Å². The Morgan fingerprint density at radius 3 is 1.74 bits per heavy atom. The molecule has 0 radical (unpaired) electrons. The molecule has 2 saturated carbocycles. The second kappa shape index (κ2) is 15.7. The van der Waals surface area contributed by atoms with E-state index in [-0.39, 0.29) is 56.8 Å². The summed E-state index contributed by atoms with van der Waals surface area (Å²) in [5, 5.41) is 17.3. The maximum atomic E-state index is 12.2. The first kappa shape index (κ1) is 35.8. The summed E-state index contributed by atoms with van der Waals surface area (Å²) in [6.45, 7) is 0. The molecule has 0 bridgehead atoms. The molecule has 6 aromatic rings. The van der Waals surface area contributed by atoms with E-state index in [1.165, 1.54) is 26.8 Å². The van der Waals surface area contributed by atoms with E-state index in [9.17, 15) is 19.2 Å². The number of carboxylic acids is 1. The van der Waals surface area contributed by atoms with Crippen LogP contribution in [0.25, 0.3) is 42.0 Å². The van der Waals surface area contributed by atoms with E-state index >= 15 is 0 Å². The lowest BCUT2D eigenvalue weighted by Gasteiger charge is -2.06. The van der Waals surface area contributed by atoms with Gasteiger partial charge in [-0.05, 0) is 35.7 Å². The van der Waals surface area contributed by atoms with Gasteiger partial charge in [0.2, 0.25) is 5.91 Å². The summed E-state index contributed by atoms with van der Waals surface area (Å²) in [6.07, 6.45) is 2.77. The molecule has 47 heavy (non-hydrogen) atoms. The zero-order valence-electron chi connectivity index (χ0n) is 25.2. The number of thiazole rings is 2. The Morgan fingerprint density at radius 1 is 0.723 bits per heavy atom. The molecule has 0 aliphatic heterocycles. The summed E-state index contributed by atoms with van der Waals surface area (Å²) in [5.41, 5.74) is 7.57. The third-order valence-corrected chi connectivity index (χ3v) is 9.97. The number of hydrogen-bond acceptors (Lipinski definition) is 9. The Balaban J connectivity index is 0.000000172. The third kappa shape index (κ3) is 8.28. The fourth-order valence-electron chi connectivity index (χ4n) is 5.65. The number of amides is 1. The van der Waals surface area contributed by atoms with E-state index in [0.717, 1.165) is 26.5 Å². The van der Waals surface area contributed by atoms with Crippen molar-refractivity contribution in [1.82, 2.24) is 9.97 Å². The van der Waals surface area contributed by atoms with Crippen LogP contribution < -0.4 is 11.1 Å². The van der Waals surface area contributed by atoms with Gasteiger partial charge in [-0.15, -0.1) is 0 Å². The number of carbonyl (C=O) groups is 4. The summed E-state index contributed by atoms with van der Waals surface area (Å²) in [7, 11) is 0. The second-order valence-electron chi connectivity index (χ2n) is 11.1. The molecule has 2 aliphatic rings. The topological polar surface area (TPSA) is 152 Å². The highest BCUT2D eigenvalue weighted by atomic mass is 32.1. The van der Waals surface area contributed by atoms with Crippen LogP contribution >= 0.6 is 49.7 Å². The lowest BCUT2D eigenvalue weighted by Crippen LogP contribution is -2.20. The molecule has 13 heteroatoms. The number of Topliss-reactive ketones (excluding diaryl/α,β-unsaturated/α-hetero) is 2. The minimum atomic E-state index is -0.833. The summed E-state index contributed by atoms with van der Waals surface area (Å²) in [5.74, 6) is -1.25. The minimum absolute atomic E-state index is 0. The number of nitrogen functional groups attached to an aromatic ring is 1. The number of carboxylic acid groups (broad SMARTS) is 1. The quantitative estimate of drug-likeness (QED) is 0.172. The van der Waals surface area contributed by atoms with Crippen molar-refractivity contribution in [3.63, 3.8) is 0 Å². The number of nitrogens with two attached hydrogens (primary N) is 1. The van der Waals surface area contributed by atoms with Crippen LogP contribution in [0.3, 0.4) is 0 Å². The lowest BCUT2D eigenvalue weighted by atomic mass is 10.1. The molecular formula is C34H34N4O5S4. The van der Waals surface area contributed by atoms with Crippen LogP contribution in [0, 0.1) is 11.8 Å². The maximum Gasteiger partial charge on any atom is 0.306 e. The minimum Gasteiger partial charge on any atom is -0.481 e. The summed E-state index contributed by atoms with van der Waals surface area (Å²) < 4.78 is 2.26. The fraction of sp³-hybridized carbons (Fsp3) is 0.235. The summed E-state index contributed by atoms with van der Waals surface area (Å²) >= 11 is 3.03. The zero-order chi connectivity index (χ0) is 31.5. The number of aromatic nitrogens is 2. The number of hydrogen-bond donors (Lipinski definition) is 3. The van der Waals surface area contributed by atoms with Gasteiger partial charge >= 0.3 is 5.97 Å². The largest absolute Gasteiger partial charge is 0.481 e. The number of carbonyl (C=O) groups excluding carboxylic acids is 3. The van der Waals surface area contributed by atoms with E-state index in [0.29, 0.717) is 42.4 Å². The summed E-state index contributed by atoms with van der Waals surface area (Å²) in [4.78, 5) is 53.0. The molecule has 1 amide bonds. The molecule has 8 rings (SSSR count). The molecule has 4 N–H and O–H groups in total. The highest BCUT2D eigenvalue weighted by Gasteiger charge is 2.29. The van der Waals surface area contributed by atoms with Crippen molar-refractivity contribution < 1.29 is 24.3 Å². The summed E-state index contributed by atoms with van der Waals surface area (Å²) in [6, 6.07) is 24.5. The number of rotatable bonds is 3. The van der Waals surface area contributed by atoms with Gasteiger partial charge in [0, 0.05) is 42.4 Å². The SMILES string of the molecule is Nc1nc2ccc3ccccc3c2s1.O=C1CC[C@@H](C(=O)Nc2nc3ccc4ccccc4c3s2)C1.O=C1CC[C@@H](C(=O)O)C1.S.S. The zero-order valence-corrected chi connectivity index (χ0v) is 28.8. The predicted molar refractivity (Wildman–Crippen MR) is 200 cm³/mol. The van der Waals surface area contributed by atoms with Crippen LogP contribution in [-0.4, -0.2) is 38.5 Å². The van der Waals surface area contributed by atoms with Crippen LogP contribution in [0.5, 0.6) is 0 Å². The monoisotopic (exact) mass is 706 g/mol. The molecule has 0 saturated heterocycles. The molecule has 2 fully saturated rings. The number of nitrogens with zero attached hydrogens (tertiary/aromatic N) is 2. The Bertz CT molecular complexity index is 2090. The maximum absolute atomic E-state index is 12.2. The standard InChI is InChI=1S/C17H14N2O2S.C11H8N2S.C6H8O3.2H2S/c20-12-7-5-11(9-12)16(21)19-17-18-14-8-6-10-3-1-2-4-13(10)15(14)22-17;12-11-13-9-6-5-7-3-1-2-4-8(7)10(9)14-11;7-5-2-1-4(3-5)6(8)9;;/h1-4,6,8,11H,5,7,9H2,(H,18,19,21);1-6H,(H2,12,13);4H,1-3H2,(H,8,9);2*1H2/t11-;;4-;;/m1.1../s1. The highest BCUT2D eigenvalue weighted by Crippen LogP contribution is 2.34. The van der Waals surface area contributed by atoms with E-state index in [4.69, 9.17) is 10.8 Å². The van der Waals surface area contributed by atoms with Gasteiger partial charge in [0.25, 0.3) is 0 Å². The first-order chi connectivity index (χ1) is 21.7. The molecule has 0 unspecified atom stereocenters. The van der Waals surface area contributed by atoms with Crippen molar-refractivity contribution in [2.24, 2.45) is 11.8 Å². The first-order valence-electron chi connectivity index (χ1n) is 14.6. The van der Waals surface area contributed by atoms with Crippen LogP contribution in [0.15, 0.2) is 72.8 Å². The average Bonchev–Trinajstić information content (AvgIpc) is 3.84. The van der Waals surface area contributed by atoms with Crippen LogP contribution in [0.1, 0.15) is 38.5 Å². The molecule has 2 aromatic heterocycles. The van der Waals surface area contributed by atoms with E-state index < -0.39 is 11.9 Å². The second-order valence-corrected chi connectivity index (χ2v) is 13.2. The van der Waals surface area contributed by atoms with Crippen molar-refractivity contribution in [2.45, 2.75) is 38.5 Å². The molecule has 2 aliphatic carbocycles. The number of ketones is 2. The molecule has 0 spiro atoms. The smallest absolute Gasteiger partial charge is 0.306 e. The number of fused-ring (bicyclic) bond motifs is 6. The number of aliphatic carboxylic acids is 1. The molecule has 4 aromatic carbocycles. The van der Waals surface area contributed by atoms with E-state index in [2.05, 4.69) is 45.6 Å². The van der Waals surface area contributed by atoms with Gasteiger partial charge in [-0.25, -0.2) is 9.97 Å². The van der Waals surface area contributed by atoms with Gasteiger partial charge < -0.3 is 16.2 Å². The first-order valence-corrected chi connectivity index (χ1v) is 16.3. The van der Waals surface area contributed by atoms with Crippen LogP contribution in [0.2, 0.25) is 0 Å². The van der Waals surface area contributed by atoms with Gasteiger partial charge in [0.05, 0.1) is 26.4 Å². The Kier molecular flexibility index (Phi) is 12.0. The van der Waals surface area contributed by atoms with E-state index in [1.807, 2.05) is 42.5 Å². The van der Waals surface area contributed by atoms with Crippen LogP contribution in [0.4, 0.5) is 10.3 Å². The Hall–Kier alpha value is -4.04. The molecule has 2 heterocycles. The van der Waals surface area contributed by atoms with E-state index in [1.54, 1.807) is 11.3 Å². The van der Waals surface area contributed by atoms with Gasteiger partial charge in [0.1, 0.15) is 11.6 Å². The van der Waals surface area contributed by atoms with Gasteiger partial charge in [-0.1, -0.05) is 83.3 Å². The molecule has 244 valence electrons. The van der Waals surface area contributed by atoms with Gasteiger partial charge in [-0.2, -0.15) is 27.0 Å². The number of anilines is 2. The van der Waals surface area contributed by atoms with Crippen molar-refractivity contribution in [2.75, 3.05) is 11.1 Å². The van der Waals surface area contributed by atoms with Crippen molar-refractivity contribution >= 4 is 125 Å². The van der Waals surface area contributed by atoms with Crippen molar-refractivity contribution in [1.29, 1.82) is 0 Å².